The Bertz CT molecular complexity index is 555. The molecular weight excluding hydrogens is 210 g/mol. The normalized spacial score (nSPS) is 12.6. The molecule has 0 amide bonds. The van der Waals surface area contributed by atoms with E-state index in [9.17, 15) is 4.79 Å². The van der Waals surface area contributed by atoms with Crippen LogP contribution >= 0.6 is 0 Å². The number of aryl methyl sites for hydroxylation is 1. The van der Waals surface area contributed by atoms with E-state index in [0.717, 1.165) is 28.5 Å². The van der Waals surface area contributed by atoms with Gasteiger partial charge >= 0.3 is 0 Å². The SMILES string of the molecule is CCC(C(C)=O)c1cccc2ccnc(C)c12. The average molecular weight is 227 g/mol. The van der Waals surface area contributed by atoms with E-state index in [0.29, 0.717) is 0 Å². The number of pyridine rings is 1. The molecule has 1 unspecified atom stereocenters. The largest absolute Gasteiger partial charge is 0.299 e. The van der Waals surface area contributed by atoms with E-state index in [2.05, 4.69) is 18.0 Å². The third-order valence-electron chi connectivity index (χ3n) is 3.29. The van der Waals surface area contributed by atoms with Gasteiger partial charge in [-0.25, -0.2) is 0 Å². The lowest BCUT2D eigenvalue weighted by molar-refractivity contribution is -0.118. The molecule has 0 fully saturated rings. The number of hydrogen-bond donors (Lipinski definition) is 0. The van der Waals surface area contributed by atoms with Gasteiger partial charge in [0.25, 0.3) is 0 Å². The van der Waals surface area contributed by atoms with Crippen molar-refractivity contribution in [2.45, 2.75) is 33.1 Å². The van der Waals surface area contributed by atoms with Gasteiger partial charge < -0.3 is 0 Å². The number of carbonyl (C=O) groups excluding carboxylic acids is 1. The van der Waals surface area contributed by atoms with Crippen LogP contribution in [0.25, 0.3) is 10.8 Å². The Morgan fingerprint density at radius 3 is 2.76 bits per heavy atom. The minimum Gasteiger partial charge on any atom is -0.299 e. The molecule has 88 valence electrons. The fourth-order valence-electron chi connectivity index (χ4n) is 2.46. The zero-order valence-corrected chi connectivity index (χ0v) is 10.5. The number of ketones is 1. The summed E-state index contributed by atoms with van der Waals surface area (Å²) < 4.78 is 0. The molecule has 2 nitrogen and oxygen atoms in total. The van der Waals surface area contributed by atoms with Crippen molar-refractivity contribution in [3.05, 3.63) is 41.7 Å². The zero-order chi connectivity index (χ0) is 12.4. The molecule has 1 atom stereocenters. The number of aromatic nitrogens is 1. The Morgan fingerprint density at radius 2 is 2.12 bits per heavy atom. The summed E-state index contributed by atoms with van der Waals surface area (Å²) in [5.74, 6) is 0.213. The molecule has 1 aromatic carbocycles. The molecule has 0 saturated heterocycles. The minimum atomic E-state index is -0.0124. The predicted molar refractivity (Wildman–Crippen MR) is 70.2 cm³/mol. The highest BCUT2D eigenvalue weighted by atomic mass is 16.1. The minimum absolute atomic E-state index is 0.0124. The smallest absolute Gasteiger partial charge is 0.137 e. The number of carbonyl (C=O) groups is 1. The highest BCUT2D eigenvalue weighted by Gasteiger charge is 2.17. The molecule has 1 heterocycles. The van der Waals surface area contributed by atoms with Crippen molar-refractivity contribution in [3.63, 3.8) is 0 Å². The van der Waals surface area contributed by atoms with Crippen molar-refractivity contribution in [2.75, 3.05) is 0 Å². The van der Waals surface area contributed by atoms with Crippen molar-refractivity contribution < 1.29 is 4.79 Å². The van der Waals surface area contributed by atoms with E-state index in [1.807, 2.05) is 31.3 Å². The fraction of sp³-hybridized carbons (Fsp3) is 0.333. The van der Waals surface area contributed by atoms with Crippen molar-refractivity contribution in [3.8, 4) is 0 Å². The van der Waals surface area contributed by atoms with Gasteiger partial charge in [0.15, 0.2) is 0 Å². The van der Waals surface area contributed by atoms with Gasteiger partial charge in [0.05, 0.1) is 0 Å². The summed E-state index contributed by atoms with van der Waals surface area (Å²) in [6.07, 6.45) is 2.65. The van der Waals surface area contributed by atoms with Gasteiger partial charge in [-0.05, 0) is 37.3 Å². The van der Waals surface area contributed by atoms with Crippen LogP contribution < -0.4 is 0 Å². The number of rotatable bonds is 3. The molecule has 0 radical (unpaired) electrons. The van der Waals surface area contributed by atoms with Gasteiger partial charge in [0.2, 0.25) is 0 Å². The first-order chi connectivity index (χ1) is 8.15. The van der Waals surface area contributed by atoms with Crippen LogP contribution in [0.1, 0.15) is 37.4 Å². The summed E-state index contributed by atoms with van der Waals surface area (Å²) in [5, 5.41) is 2.30. The Hall–Kier alpha value is -1.70. The maximum atomic E-state index is 11.7. The Balaban J connectivity index is 2.73. The number of Topliss-reactive ketones (excluding diaryl/α,β-unsaturated/α-hetero) is 1. The van der Waals surface area contributed by atoms with Crippen molar-refractivity contribution in [2.24, 2.45) is 0 Å². The van der Waals surface area contributed by atoms with Gasteiger partial charge in [-0.3, -0.25) is 9.78 Å². The highest BCUT2D eigenvalue weighted by Crippen LogP contribution is 2.29. The molecule has 0 spiro atoms. The zero-order valence-electron chi connectivity index (χ0n) is 10.5. The van der Waals surface area contributed by atoms with Gasteiger partial charge in [0, 0.05) is 23.2 Å². The van der Waals surface area contributed by atoms with Gasteiger partial charge in [-0.15, -0.1) is 0 Å². The Labute approximate surface area is 102 Å². The molecule has 0 saturated carbocycles. The maximum Gasteiger partial charge on any atom is 0.137 e. The first-order valence-electron chi connectivity index (χ1n) is 5.99. The van der Waals surface area contributed by atoms with E-state index >= 15 is 0 Å². The van der Waals surface area contributed by atoms with Crippen molar-refractivity contribution in [1.29, 1.82) is 0 Å². The van der Waals surface area contributed by atoms with E-state index in [1.165, 1.54) is 0 Å². The third-order valence-corrected chi connectivity index (χ3v) is 3.29. The summed E-state index contributed by atoms with van der Waals surface area (Å²) in [7, 11) is 0. The van der Waals surface area contributed by atoms with Crippen LogP contribution in [0.2, 0.25) is 0 Å². The summed E-state index contributed by atoms with van der Waals surface area (Å²) in [6, 6.07) is 8.13. The lowest BCUT2D eigenvalue weighted by Crippen LogP contribution is -2.08. The quantitative estimate of drug-likeness (QED) is 0.801. The molecule has 0 aliphatic carbocycles. The van der Waals surface area contributed by atoms with Crippen molar-refractivity contribution >= 4 is 16.6 Å². The number of nitrogens with zero attached hydrogens (tertiary/aromatic N) is 1. The molecule has 1 aromatic heterocycles. The molecule has 2 aromatic rings. The number of benzene rings is 1. The standard InChI is InChI=1S/C15H17NO/c1-4-13(11(3)17)14-7-5-6-12-8-9-16-10(2)15(12)14/h5-9,13H,4H2,1-3H3. The summed E-state index contributed by atoms with van der Waals surface area (Å²) in [5.41, 5.74) is 2.11. The van der Waals surface area contributed by atoms with Crippen LogP contribution in [-0.4, -0.2) is 10.8 Å². The van der Waals surface area contributed by atoms with Crippen LogP contribution in [0.4, 0.5) is 0 Å². The van der Waals surface area contributed by atoms with Crippen LogP contribution in [0.3, 0.4) is 0 Å². The first kappa shape index (κ1) is 11.8. The molecule has 0 N–H and O–H groups in total. The number of fused-ring (bicyclic) bond motifs is 1. The van der Waals surface area contributed by atoms with Crippen LogP contribution in [0.15, 0.2) is 30.5 Å². The molecular formula is C15H17NO. The molecule has 0 aliphatic rings. The van der Waals surface area contributed by atoms with Crippen molar-refractivity contribution in [1.82, 2.24) is 4.98 Å². The second kappa shape index (κ2) is 4.66. The lowest BCUT2D eigenvalue weighted by atomic mass is 9.88. The lowest BCUT2D eigenvalue weighted by Gasteiger charge is -2.15. The Kier molecular flexibility index (Phi) is 3.23. The molecule has 17 heavy (non-hydrogen) atoms. The summed E-state index contributed by atoms with van der Waals surface area (Å²) in [4.78, 5) is 16.0. The average Bonchev–Trinajstić information content (AvgIpc) is 2.30. The van der Waals surface area contributed by atoms with E-state index in [4.69, 9.17) is 0 Å². The third kappa shape index (κ3) is 2.07. The molecule has 2 rings (SSSR count). The maximum absolute atomic E-state index is 11.7. The second-order valence-electron chi connectivity index (χ2n) is 4.41. The fourth-order valence-corrected chi connectivity index (χ4v) is 2.46. The van der Waals surface area contributed by atoms with Gasteiger partial charge in [-0.2, -0.15) is 0 Å². The number of hydrogen-bond acceptors (Lipinski definition) is 2. The summed E-state index contributed by atoms with van der Waals surface area (Å²) in [6.45, 7) is 5.72. The topological polar surface area (TPSA) is 30.0 Å². The predicted octanol–water partition coefficient (Wildman–Crippen LogP) is 3.63. The summed E-state index contributed by atoms with van der Waals surface area (Å²) >= 11 is 0. The molecule has 2 heteroatoms. The van der Waals surface area contributed by atoms with Gasteiger partial charge in [-0.1, -0.05) is 25.1 Å². The highest BCUT2D eigenvalue weighted by molar-refractivity contribution is 5.93. The van der Waals surface area contributed by atoms with E-state index < -0.39 is 0 Å². The first-order valence-corrected chi connectivity index (χ1v) is 5.99. The van der Waals surface area contributed by atoms with E-state index in [-0.39, 0.29) is 11.7 Å². The van der Waals surface area contributed by atoms with Crippen LogP contribution in [0.5, 0.6) is 0 Å². The van der Waals surface area contributed by atoms with Crippen LogP contribution in [0, 0.1) is 6.92 Å². The second-order valence-corrected chi connectivity index (χ2v) is 4.41. The molecule has 0 bridgehead atoms. The van der Waals surface area contributed by atoms with E-state index in [1.54, 1.807) is 6.92 Å². The molecule has 0 aliphatic heterocycles. The Morgan fingerprint density at radius 1 is 1.35 bits per heavy atom. The van der Waals surface area contributed by atoms with Gasteiger partial charge in [0.1, 0.15) is 5.78 Å². The monoisotopic (exact) mass is 227 g/mol. The van der Waals surface area contributed by atoms with Crippen LogP contribution in [-0.2, 0) is 4.79 Å².